The molecular formula is C12H16O4. The first kappa shape index (κ1) is 11.2. The number of methoxy groups -OCH3 is 2. The van der Waals surface area contributed by atoms with Crippen molar-refractivity contribution < 1.29 is 18.9 Å². The van der Waals surface area contributed by atoms with Crippen molar-refractivity contribution in [3.8, 4) is 11.5 Å². The van der Waals surface area contributed by atoms with Crippen LogP contribution in [0.3, 0.4) is 0 Å². The van der Waals surface area contributed by atoms with Crippen LogP contribution in [0.2, 0.25) is 0 Å². The standard InChI is InChI=1S/C12H16O4/c1-8(13-2)12(14-3)9-4-5-10-11(6-9)16-7-15-10/h4-6,8,12H,7H2,1-3H3/t8-,12+/m0/s1. The Balaban J connectivity index is 2.25. The summed E-state index contributed by atoms with van der Waals surface area (Å²) in [5, 5.41) is 0. The van der Waals surface area contributed by atoms with Crippen molar-refractivity contribution in [1.82, 2.24) is 0 Å². The third-order valence-electron chi connectivity index (χ3n) is 2.78. The highest BCUT2D eigenvalue weighted by Crippen LogP contribution is 2.35. The minimum atomic E-state index is -0.0977. The summed E-state index contributed by atoms with van der Waals surface area (Å²) in [7, 11) is 3.34. The van der Waals surface area contributed by atoms with Gasteiger partial charge in [-0.05, 0) is 24.6 Å². The van der Waals surface area contributed by atoms with Crippen LogP contribution in [-0.2, 0) is 9.47 Å². The van der Waals surface area contributed by atoms with Crippen molar-refractivity contribution in [3.63, 3.8) is 0 Å². The molecule has 0 unspecified atom stereocenters. The van der Waals surface area contributed by atoms with Crippen LogP contribution in [0, 0.1) is 0 Å². The van der Waals surface area contributed by atoms with Gasteiger partial charge < -0.3 is 18.9 Å². The topological polar surface area (TPSA) is 36.9 Å². The summed E-state index contributed by atoms with van der Waals surface area (Å²) in [5.41, 5.74) is 1.03. The van der Waals surface area contributed by atoms with Gasteiger partial charge in [0.15, 0.2) is 11.5 Å². The summed E-state index contributed by atoms with van der Waals surface area (Å²) in [4.78, 5) is 0. The minimum absolute atomic E-state index is 0.00892. The number of hydrogen-bond acceptors (Lipinski definition) is 4. The molecule has 4 heteroatoms. The Labute approximate surface area is 95.1 Å². The number of benzene rings is 1. The van der Waals surface area contributed by atoms with Crippen LogP contribution in [0.4, 0.5) is 0 Å². The van der Waals surface area contributed by atoms with Crippen LogP contribution in [0.5, 0.6) is 11.5 Å². The van der Waals surface area contributed by atoms with Gasteiger partial charge in [0, 0.05) is 14.2 Å². The second-order valence-electron chi connectivity index (χ2n) is 3.71. The number of fused-ring (bicyclic) bond motifs is 1. The SMILES string of the molecule is CO[C@@H](C)[C@@H](OC)c1ccc2c(c1)OCO2. The van der Waals surface area contributed by atoms with E-state index in [0.29, 0.717) is 0 Å². The summed E-state index contributed by atoms with van der Waals surface area (Å²) in [6.07, 6.45) is -0.107. The molecule has 2 atom stereocenters. The van der Waals surface area contributed by atoms with Gasteiger partial charge in [-0.15, -0.1) is 0 Å². The van der Waals surface area contributed by atoms with Crippen LogP contribution < -0.4 is 9.47 Å². The lowest BCUT2D eigenvalue weighted by atomic mass is 10.0. The van der Waals surface area contributed by atoms with E-state index in [-0.39, 0.29) is 19.0 Å². The molecule has 0 saturated heterocycles. The molecule has 0 saturated carbocycles. The summed E-state index contributed by atoms with van der Waals surface area (Å²) >= 11 is 0. The van der Waals surface area contributed by atoms with Crippen molar-refractivity contribution in [3.05, 3.63) is 23.8 Å². The van der Waals surface area contributed by atoms with Gasteiger partial charge in [0.25, 0.3) is 0 Å². The molecule has 0 radical (unpaired) electrons. The Bertz CT molecular complexity index is 364. The van der Waals surface area contributed by atoms with E-state index in [4.69, 9.17) is 18.9 Å². The first-order valence-corrected chi connectivity index (χ1v) is 5.21. The van der Waals surface area contributed by atoms with E-state index >= 15 is 0 Å². The molecule has 0 N–H and O–H groups in total. The van der Waals surface area contributed by atoms with Crippen molar-refractivity contribution in [2.75, 3.05) is 21.0 Å². The number of ether oxygens (including phenoxy) is 4. The summed E-state index contributed by atoms with van der Waals surface area (Å²) in [5.74, 6) is 1.55. The van der Waals surface area contributed by atoms with Crippen LogP contribution >= 0.6 is 0 Å². The minimum Gasteiger partial charge on any atom is -0.454 e. The van der Waals surface area contributed by atoms with Gasteiger partial charge in [-0.1, -0.05) is 6.07 Å². The van der Waals surface area contributed by atoms with E-state index in [1.807, 2.05) is 25.1 Å². The summed E-state index contributed by atoms with van der Waals surface area (Å²) in [6, 6.07) is 5.80. The lowest BCUT2D eigenvalue weighted by Crippen LogP contribution is -2.18. The van der Waals surface area contributed by atoms with Crippen LogP contribution in [0.15, 0.2) is 18.2 Å². The molecule has 1 aromatic rings. The highest BCUT2D eigenvalue weighted by atomic mass is 16.7. The maximum absolute atomic E-state index is 5.43. The Kier molecular flexibility index (Phi) is 3.31. The van der Waals surface area contributed by atoms with Gasteiger partial charge in [-0.25, -0.2) is 0 Å². The predicted molar refractivity (Wildman–Crippen MR) is 58.8 cm³/mol. The molecule has 0 aromatic heterocycles. The molecule has 1 aromatic carbocycles. The summed E-state index contributed by atoms with van der Waals surface area (Å²) in [6.45, 7) is 2.26. The second kappa shape index (κ2) is 4.72. The molecule has 1 heterocycles. The smallest absolute Gasteiger partial charge is 0.231 e. The lowest BCUT2D eigenvalue weighted by molar-refractivity contribution is -0.0277. The van der Waals surface area contributed by atoms with Crippen molar-refractivity contribution >= 4 is 0 Å². The molecule has 1 aliphatic heterocycles. The van der Waals surface area contributed by atoms with E-state index in [0.717, 1.165) is 17.1 Å². The quantitative estimate of drug-likeness (QED) is 0.785. The molecular weight excluding hydrogens is 208 g/mol. The van der Waals surface area contributed by atoms with Crippen LogP contribution in [0.1, 0.15) is 18.6 Å². The first-order chi connectivity index (χ1) is 7.76. The molecule has 2 rings (SSSR count). The lowest BCUT2D eigenvalue weighted by Gasteiger charge is -2.21. The zero-order valence-electron chi connectivity index (χ0n) is 9.73. The largest absolute Gasteiger partial charge is 0.454 e. The van der Waals surface area contributed by atoms with Gasteiger partial charge in [0.2, 0.25) is 6.79 Å². The third-order valence-corrected chi connectivity index (χ3v) is 2.78. The zero-order chi connectivity index (χ0) is 11.5. The third kappa shape index (κ3) is 1.99. The maximum atomic E-state index is 5.43. The van der Waals surface area contributed by atoms with Gasteiger partial charge in [-0.2, -0.15) is 0 Å². The normalized spacial score (nSPS) is 17.2. The Morgan fingerprint density at radius 1 is 1.12 bits per heavy atom. The number of hydrogen-bond donors (Lipinski definition) is 0. The Morgan fingerprint density at radius 3 is 2.56 bits per heavy atom. The molecule has 0 amide bonds. The average Bonchev–Trinajstić information content (AvgIpc) is 2.77. The molecule has 0 aliphatic carbocycles. The van der Waals surface area contributed by atoms with E-state index in [1.54, 1.807) is 14.2 Å². The molecule has 4 nitrogen and oxygen atoms in total. The van der Waals surface area contributed by atoms with E-state index < -0.39 is 0 Å². The molecule has 0 bridgehead atoms. The van der Waals surface area contributed by atoms with Gasteiger partial charge >= 0.3 is 0 Å². The second-order valence-corrected chi connectivity index (χ2v) is 3.71. The zero-order valence-corrected chi connectivity index (χ0v) is 9.73. The predicted octanol–water partition coefficient (Wildman–Crippen LogP) is 2.14. The Morgan fingerprint density at radius 2 is 1.88 bits per heavy atom. The monoisotopic (exact) mass is 224 g/mol. The average molecular weight is 224 g/mol. The van der Waals surface area contributed by atoms with E-state index in [2.05, 4.69) is 0 Å². The first-order valence-electron chi connectivity index (χ1n) is 5.21. The van der Waals surface area contributed by atoms with Crippen LogP contribution in [0.25, 0.3) is 0 Å². The Hall–Kier alpha value is -1.26. The fourth-order valence-corrected chi connectivity index (χ4v) is 1.81. The molecule has 1 aliphatic rings. The fraction of sp³-hybridized carbons (Fsp3) is 0.500. The fourth-order valence-electron chi connectivity index (χ4n) is 1.81. The van der Waals surface area contributed by atoms with Gasteiger partial charge in [0.1, 0.15) is 6.10 Å². The highest BCUT2D eigenvalue weighted by Gasteiger charge is 2.22. The van der Waals surface area contributed by atoms with E-state index in [9.17, 15) is 0 Å². The van der Waals surface area contributed by atoms with Gasteiger partial charge in [-0.3, -0.25) is 0 Å². The van der Waals surface area contributed by atoms with Crippen LogP contribution in [-0.4, -0.2) is 27.1 Å². The molecule has 88 valence electrons. The molecule has 0 spiro atoms. The highest BCUT2D eigenvalue weighted by molar-refractivity contribution is 5.45. The molecule has 16 heavy (non-hydrogen) atoms. The molecule has 0 fully saturated rings. The van der Waals surface area contributed by atoms with Crippen molar-refractivity contribution in [2.45, 2.75) is 19.1 Å². The number of rotatable bonds is 4. The van der Waals surface area contributed by atoms with Gasteiger partial charge in [0.05, 0.1) is 6.10 Å². The van der Waals surface area contributed by atoms with Crippen molar-refractivity contribution in [1.29, 1.82) is 0 Å². The van der Waals surface area contributed by atoms with Crippen molar-refractivity contribution in [2.24, 2.45) is 0 Å². The maximum Gasteiger partial charge on any atom is 0.231 e. The van der Waals surface area contributed by atoms with E-state index in [1.165, 1.54) is 0 Å². The summed E-state index contributed by atoms with van der Waals surface area (Å²) < 4.78 is 21.3.